The molecule has 5 aromatic carbocycles. The van der Waals surface area contributed by atoms with E-state index < -0.39 is 0 Å². The Bertz CT molecular complexity index is 2660. The molecule has 0 aliphatic carbocycles. The fourth-order valence-corrected chi connectivity index (χ4v) is 8.12. The molecule has 0 radical (unpaired) electrons. The molecule has 0 spiro atoms. The van der Waals surface area contributed by atoms with Gasteiger partial charge in [-0.25, -0.2) is 4.98 Å². The first-order chi connectivity index (χ1) is 27.4. The Morgan fingerprint density at radius 2 is 1.14 bits per heavy atom. The Morgan fingerprint density at radius 1 is 0.500 bits per heavy atom. The van der Waals surface area contributed by atoms with Crippen LogP contribution in [0.3, 0.4) is 0 Å². The van der Waals surface area contributed by atoms with Crippen LogP contribution in [0.5, 0.6) is 11.5 Å². The monoisotopic (exact) mass is 766 g/mol. The van der Waals surface area contributed by atoms with Gasteiger partial charge in [0.1, 0.15) is 17.3 Å². The zero-order valence-electron chi connectivity index (χ0n) is 36.2. The maximum atomic E-state index is 7.14. The van der Waals surface area contributed by atoms with Crippen molar-refractivity contribution in [3.63, 3.8) is 0 Å². The third-order valence-corrected chi connectivity index (χ3v) is 11.9. The van der Waals surface area contributed by atoms with E-state index in [9.17, 15) is 0 Å². The van der Waals surface area contributed by atoms with Gasteiger partial charge in [-0.2, -0.15) is 0 Å². The van der Waals surface area contributed by atoms with E-state index in [1.54, 1.807) is 0 Å². The summed E-state index contributed by atoms with van der Waals surface area (Å²) in [5.74, 6) is 2.51. The highest BCUT2D eigenvalue weighted by Gasteiger charge is 2.29. The van der Waals surface area contributed by atoms with E-state index in [4.69, 9.17) is 9.72 Å². The fourth-order valence-electron chi connectivity index (χ4n) is 8.12. The highest BCUT2D eigenvalue weighted by atomic mass is 16.5. The summed E-state index contributed by atoms with van der Waals surface area (Å²) in [5.41, 5.74) is 10.4. The summed E-state index contributed by atoms with van der Waals surface area (Å²) < 4.78 is 9.44. The maximum absolute atomic E-state index is 7.14. The molecule has 0 bridgehead atoms. The number of fused-ring (bicyclic) bond motifs is 3. The molecule has 0 amide bonds. The van der Waals surface area contributed by atoms with Crippen LogP contribution in [0.2, 0.25) is 0 Å². The second-order valence-corrected chi connectivity index (χ2v) is 19.6. The first-order valence-corrected chi connectivity index (χ1v) is 20.6. The number of hydrogen-bond donors (Lipinski definition) is 0. The Morgan fingerprint density at radius 3 is 1.83 bits per heavy atom. The first-order valence-electron chi connectivity index (χ1n) is 20.6. The predicted octanol–water partition coefficient (Wildman–Crippen LogP) is 13.9. The van der Waals surface area contributed by atoms with Gasteiger partial charge >= 0.3 is 0 Å². The van der Waals surface area contributed by atoms with Gasteiger partial charge in [0.15, 0.2) is 0 Å². The van der Waals surface area contributed by atoms with Crippen LogP contribution in [-0.4, -0.2) is 16.2 Å². The van der Waals surface area contributed by atoms with Crippen molar-refractivity contribution in [1.82, 2.24) is 9.55 Å². The molecular formula is C53H58N4O. The Labute approximate surface area is 345 Å². The number of anilines is 2. The van der Waals surface area contributed by atoms with Gasteiger partial charge in [-0.05, 0) is 93.1 Å². The normalized spacial score (nSPS) is 13.9. The van der Waals surface area contributed by atoms with Crippen LogP contribution >= 0.6 is 0 Å². The minimum Gasteiger partial charge on any atom is -0.457 e. The van der Waals surface area contributed by atoms with Crippen LogP contribution in [0, 0.1) is 0 Å². The fraction of sp³-hybridized carbons (Fsp3) is 0.302. The largest absolute Gasteiger partial charge is 0.457 e. The molecule has 0 fully saturated rings. The summed E-state index contributed by atoms with van der Waals surface area (Å²) in [5, 5.41) is 2.39. The molecule has 3 heterocycles. The quantitative estimate of drug-likeness (QED) is 0.162. The van der Waals surface area contributed by atoms with E-state index >= 15 is 0 Å². The molecule has 58 heavy (non-hydrogen) atoms. The lowest BCUT2D eigenvalue weighted by atomic mass is 9.77. The second-order valence-electron chi connectivity index (χ2n) is 19.6. The highest BCUT2D eigenvalue weighted by Crippen LogP contribution is 2.43. The van der Waals surface area contributed by atoms with Gasteiger partial charge in [0.25, 0.3) is 0 Å². The van der Waals surface area contributed by atoms with Crippen LogP contribution in [0.4, 0.5) is 11.4 Å². The molecule has 5 heteroatoms. The van der Waals surface area contributed by atoms with Gasteiger partial charge in [0, 0.05) is 63.9 Å². The smallest absolute Gasteiger partial charge is 0.137 e. The van der Waals surface area contributed by atoms with E-state index in [1.807, 2.05) is 6.20 Å². The highest BCUT2D eigenvalue weighted by molar-refractivity contribution is 6.09. The molecule has 5 nitrogen and oxygen atoms in total. The third kappa shape index (κ3) is 7.39. The Hall–Kier alpha value is -5.81. The topological polar surface area (TPSA) is 33.5 Å². The average Bonchev–Trinajstić information content (AvgIpc) is 3.81. The standard InChI is InChI=1S/C53H58N4O/c1-50(2,3)37-18-15-19-40(30-37)55-28-29-56(35-55)41-21-24-45(53(10,11)36-16-13-12-14-17-36)48(33-41)58-42-22-23-43-44-31-38(51(4,5)6)20-25-46(44)57(47(43)34-42)49-32-39(26-27-54-49)52(7,8)9/h12-34H,35H2,1-11H3. The van der Waals surface area contributed by atoms with Gasteiger partial charge in [0.2, 0.25) is 0 Å². The number of aromatic nitrogens is 2. The first kappa shape index (κ1) is 39.0. The predicted molar refractivity (Wildman–Crippen MR) is 245 cm³/mol. The molecule has 0 N–H and O–H groups in total. The van der Waals surface area contributed by atoms with E-state index in [-0.39, 0.29) is 21.7 Å². The van der Waals surface area contributed by atoms with E-state index in [0.29, 0.717) is 6.67 Å². The summed E-state index contributed by atoms with van der Waals surface area (Å²) in [7, 11) is 0. The summed E-state index contributed by atoms with van der Waals surface area (Å²) in [6.07, 6.45) is 6.28. The van der Waals surface area contributed by atoms with Gasteiger partial charge in [-0.15, -0.1) is 0 Å². The van der Waals surface area contributed by atoms with Crippen molar-refractivity contribution in [3.05, 3.63) is 168 Å². The van der Waals surface area contributed by atoms with E-state index in [0.717, 1.165) is 39.6 Å². The summed E-state index contributed by atoms with van der Waals surface area (Å²) >= 11 is 0. The van der Waals surface area contributed by atoms with Crippen molar-refractivity contribution in [2.24, 2.45) is 0 Å². The molecule has 8 rings (SSSR count). The summed E-state index contributed by atoms with van der Waals surface area (Å²) in [6.45, 7) is 25.6. The molecule has 7 aromatic rings. The van der Waals surface area contributed by atoms with Gasteiger partial charge in [0.05, 0.1) is 17.7 Å². The molecular weight excluding hydrogens is 709 g/mol. The Balaban J connectivity index is 1.24. The number of nitrogens with zero attached hydrogens (tertiary/aromatic N) is 4. The van der Waals surface area contributed by atoms with Gasteiger partial charge < -0.3 is 14.5 Å². The van der Waals surface area contributed by atoms with E-state index in [2.05, 4.69) is 224 Å². The van der Waals surface area contributed by atoms with Crippen LogP contribution < -0.4 is 14.5 Å². The molecule has 1 aliphatic heterocycles. The van der Waals surface area contributed by atoms with Crippen molar-refractivity contribution < 1.29 is 4.74 Å². The zero-order valence-corrected chi connectivity index (χ0v) is 36.2. The Kier molecular flexibility index (Phi) is 9.58. The maximum Gasteiger partial charge on any atom is 0.137 e. The lowest BCUT2D eigenvalue weighted by Gasteiger charge is -2.30. The summed E-state index contributed by atoms with van der Waals surface area (Å²) in [6, 6.07) is 44.1. The van der Waals surface area contributed by atoms with Crippen LogP contribution in [-0.2, 0) is 21.7 Å². The molecule has 2 aromatic heterocycles. The molecule has 0 saturated carbocycles. The van der Waals surface area contributed by atoms with Gasteiger partial charge in [-0.1, -0.05) is 131 Å². The molecule has 296 valence electrons. The number of benzene rings is 5. The van der Waals surface area contributed by atoms with Crippen LogP contribution in [0.1, 0.15) is 104 Å². The molecule has 0 atom stereocenters. The minimum absolute atomic E-state index is 0.0149. The second kappa shape index (κ2) is 14.2. The minimum atomic E-state index is -0.324. The van der Waals surface area contributed by atoms with Crippen molar-refractivity contribution in [1.29, 1.82) is 0 Å². The molecule has 0 unspecified atom stereocenters. The van der Waals surface area contributed by atoms with Crippen molar-refractivity contribution in [3.8, 4) is 17.3 Å². The van der Waals surface area contributed by atoms with Crippen molar-refractivity contribution in [2.45, 2.75) is 97.8 Å². The lowest BCUT2D eigenvalue weighted by molar-refractivity contribution is 0.462. The SMILES string of the molecule is CC(C)(C)c1cccc(N2C=CN(c3ccc(C(C)(C)c4ccccc4)c(Oc4ccc5c6cc(C(C)(C)C)ccc6n(-c6cc(C(C)(C)C)ccn6)c5c4)c3)C2)c1. The van der Waals surface area contributed by atoms with Gasteiger partial charge in [-0.3, -0.25) is 4.57 Å². The number of ether oxygens (including phenoxy) is 1. The summed E-state index contributed by atoms with van der Waals surface area (Å²) in [4.78, 5) is 9.56. The molecule has 0 saturated heterocycles. The van der Waals surface area contributed by atoms with Crippen molar-refractivity contribution >= 4 is 33.2 Å². The number of rotatable bonds is 7. The zero-order chi connectivity index (χ0) is 41.2. The lowest BCUT2D eigenvalue weighted by Crippen LogP contribution is -2.25. The van der Waals surface area contributed by atoms with E-state index in [1.165, 1.54) is 38.7 Å². The van der Waals surface area contributed by atoms with Crippen LogP contribution in [0.25, 0.3) is 27.6 Å². The number of hydrogen-bond acceptors (Lipinski definition) is 4. The number of pyridine rings is 1. The van der Waals surface area contributed by atoms with Crippen LogP contribution in [0.15, 0.2) is 140 Å². The third-order valence-electron chi connectivity index (χ3n) is 11.9. The average molecular weight is 767 g/mol. The van der Waals surface area contributed by atoms with Crippen molar-refractivity contribution in [2.75, 3.05) is 16.5 Å². The molecule has 1 aliphatic rings.